The van der Waals surface area contributed by atoms with Gasteiger partial charge in [0.05, 0.1) is 5.52 Å². The first-order chi connectivity index (χ1) is 15.8. The number of rotatable bonds is 5. The van der Waals surface area contributed by atoms with Crippen molar-refractivity contribution >= 4 is 22.7 Å². The summed E-state index contributed by atoms with van der Waals surface area (Å²) in [6.45, 7) is 5.38. The van der Waals surface area contributed by atoms with Gasteiger partial charge in [0.1, 0.15) is 5.82 Å². The maximum Gasteiger partial charge on any atom is 0.225 e. The van der Waals surface area contributed by atoms with Gasteiger partial charge in [-0.2, -0.15) is 4.98 Å². The average molecular weight is 430 g/mol. The van der Waals surface area contributed by atoms with Crippen LogP contribution in [0.5, 0.6) is 0 Å². The normalized spacial score (nSPS) is 20.6. The number of nitrogens with one attached hydrogen (secondary N) is 1. The van der Waals surface area contributed by atoms with Crippen LogP contribution in [0.4, 0.5) is 11.8 Å². The van der Waals surface area contributed by atoms with Crippen molar-refractivity contribution in [3.05, 3.63) is 60.2 Å². The molecule has 32 heavy (non-hydrogen) atoms. The van der Waals surface area contributed by atoms with E-state index in [-0.39, 0.29) is 0 Å². The fourth-order valence-electron chi connectivity index (χ4n) is 5.15. The molecule has 2 aliphatic heterocycles. The van der Waals surface area contributed by atoms with Gasteiger partial charge in [-0.15, -0.1) is 0 Å². The van der Waals surface area contributed by atoms with Crippen LogP contribution >= 0.6 is 0 Å². The Hall–Kier alpha value is -2.66. The minimum absolute atomic E-state index is 0.374. The van der Waals surface area contributed by atoms with Crippen molar-refractivity contribution in [1.82, 2.24) is 14.9 Å². The number of nitrogens with zero attached hydrogens (tertiary/aromatic N) is 4. The lowest BCUT2D eigenvalue weighted by Gasteiger charge is -2.26. The van der Waals surface area contributed by atoms with Crippen LogP contribution < -0.4 is 10.2 Å². The zero-order valence-corrected chi connectivity index (χ0v) is 19.0. The second-order valence-electron chi connectivity index (χ2n) is 9.35. The average Bonchev–Trinajstić information content (AvgIpc) is 3.22. The lowest BCUT2D eigenvalue weighted by atomic mass is 10.1. The molecule has 2 aliphatic rings. The summed E-state index contributed by atoms with van der Waals surface area (Å²) >= 11 is 0. The summed E-state index contributed by atoms with van der Waals surface area (Å²) in [5.41, 5.74) is 2.43. The number of anilines is 2. The fourth-order valence-corrected chi connectivity index (χ4v) is 5.15. The van der Waals surface area contributed by atoms with Crippen molar-refractivity contribution in [3.8, 4) is 0 Å². The van der Waals surface area contributed by atoms with Gasteiger partial charge in [-0.05, 0) is 49.9 Å². The van der Waals surface area contributed by atoms with Crippen molar-refractivity contribution in [2.45, 2.75) is 57.5 Å². The maximum atomic E-state index is 5.09. The highest BCUT2D eigenvalue weighted by Crippen LogP contribution is 2.28. The van der Waals surface area contributed by atoms with E-state index in [1.165, 1.54) is 55.9 Å². The van der Waals surface area contributed by atoms with Crippen LogP contribution in [-0.2, 0) is 6.54 Å². The number of hydrogen-bond donors (Lipinski definition) is 1. The summed E-state index contributed by atoms with van der Waals surface area (Å²) in [7, 11) is 0. The molecule has 0 bridgehead atoms. The van der Waals surface area contributed by atoms with Crippen LogP contribution in [0, 0.1) is 0 Å². The fraction of sp³-hybridized carbons (Fsp3) is 0.481. The third-order valence-electron chi connectivity index (χ3n) is 6.83. The SMILES string of the molecule is c1ccc(CN2CCCCC(Nc3nc(N4CCCCCC4)c4ccccc4n3)C2)cc1. The zero-order chi connectivity index (χ0) is 21.6. The number of para-hydroxylation sites is 1. The van der Waals surface area contributed by atoms with E-state index in [0.717, 1.165) is 50.0 Å². The second-order valence-corrected chi connectivity index (χ2v) is 9.35. The third-order valence-corrected chi connectivity index (χ3v) is 6.83. The molecule has 1 aromatic heterocycles. The highest BCUT2D eigenvalue weighted by atomic mass is 15.2. The lowest BCUT2D eigenvalue weighted by Crippen LogP contribution is -2.35. The number of likely N-dealkylation sites (tertiary alicyclic amines) is 1. The van der Waals surface area contributed by atoms with Gasteiger partial charge < -0.3 is 10.2 Å². The Bertz CT molecular complexity index is 997. The van der Waals surface area contributed by atoms with Crippen LogP contribution in [0.15, 0.2) is 54.6 Å². The first kappa shape index (κ1) is 21.2. The van der Waals surface area contributed by atoms with E-state index in [9.17, 15) is 0 Å². The van der Waals surface area contributed by atoms with Gasteiger partial charge in [-0.1, -0.05) is 61.7 Å². The predicted molar refractivity (Wildman–Crippen MR) is 133 cm³/mol. The molecular weight excluding hydrogens is 394 g/mol. The Morgan fingerprint density at radius 1 is 0.781 bits per heavy atom. The van der Waals surface area contributed by atoms with Crippen LogP contribution in [-0.4, -0.2) is 47.1 Å². The molecule has 0 radical (unpaired) electrons. The Labute approximate surface area is 191 Å². The summed E-state index contributed by atoms with van der Waals surface area (Å²) in [6.07, 6.45) is 8.81. The third kappa shape index (κ3) is 5.21. The molecule has 3 heterocycles. The first-order valence-electron chi connectivity index (χ1n) is 12.4. The monoisotopic (exact) mass is 429 g/mol. The molecule has 2 aromatic carbocycles. The smallest absolute Gasteiger partial charge is 0.225 e. The first-order valence-corrected chi connectivity index (χ1v) is 12.4. The van der Waals surface area contributed by atoms with Crippen molar-refractivity contribution in [3.63, 3.8) is 0 Å². The molecule has 1 atom stereocenters. The molecule has 0 spiro atoms. The highest BCUT2D eigenvalue weighted by Gasteiger charge is 2.21. The Kier molecular flexibility index (Phi) is 6.83. The van der Waals surface area contributed by atoms with Gasteiger partial charge in [0, 0.05) is 37.6 Å². The van der Waals surface area contributed by atoms with Gasteiger partial charge in [0.25, 0.3) is 0 Å². The predicted octanol–water partition coefficient (Wildman–Crippen LogP) is 5.48. The second kappa shape index (κ2) is 10.3. The summed E-state index contributed by atoms with van der Waals surface area (Å²) < 4.78 is 0. The largest absolute Gasteiger partial charge is 0.356 e. The van der Waals surface area contributed by atoms with E-state index in [1.807, 2.05) is 0 Å². The van der Waals surface area contributed by atoms with Gasteiger partial charge in [0.15, 0.2) is 0 Å². The molecule has 5 nitrogen and oxygen atoms in total. The molecule has 0 aliphatic carbocycles. The highest BCUT2D eigenvalue weighted by molar-refractivity contribution is 5.90. The molecule has 1 unspecified atom stereocenters. The van der Waals surface area contributed by atoms with Crippen LogP contribution in [0.2, 0.25) is 0 Å². The Morgan fingerprint density at radius 3 is 2.38 bits per heavy atom. The molecule has 5 rings (SSSR count). The minimum atomic E-state index is 0.374. The van der Waals surface area contributed by atoms with Crippen molar-refractivity contribution < 1.29 is 0 Å². The Balaban J connectivity index is 1.36. The van der Waals surface area contributed by atoms with Crippen LogP contribution in [0.1, 0.15) is 50.5 Å². The van der Waals surface area contributed by atoms with E-state index in [4.69, 9.17) is 9.97 Å². The quantitative estimate of drug-likeness (QED) is 0.582. The standard InChI is InChI=1S/C27H35N5/c1-2-10-19-32(18-9-1)26-24-15-6-7-16-25(24)29-27(30-26)28-23-14-8-11-17-31(21-23)20-22-12-4-3-5-13-22/h3-7,12-13,15-16,23H,1-2,8-11,14,17-21H2,(H,28,29,30). The van der Waals surface area contributed by atoms with Crippen LogP contribution in [0.3, 0.4) is 0 Å². The number of aromatic nitrogens is 2. The van der Waals surface area contributed by atoms with Crippen LogP contribution in [0.25, 0.3) is 10.9 Å². The molecular formula is C27H35N5. The summed E-state index contributed by atoms with van der Waals surface area (Å²) in [5.74, 6) is 1.89. The lowest BCUT2D eigenvalue weighted by molar-refractivity contribution is 0.269. The van der Waals surface area contributed by atoms with Gasteiger partial charge in [-0.25, -0.2) is 4.98 Å². The maximum absolute atomic E-state index is 5.09. The zero-order valence-electron chi connectivity index (χ0n) is 19.0. The molecule has 3 aromatic rings. The van der Waals surface area contributed by atoms with Crippen molar-refractivity contribution in [2.24, 2.45) is 0 Å². The van der Waals surface area contributed by atoms with Gasteiger partial charge in [0.2, 0.25) is 5.95 Å². The molecule has 5 heteroatoms. The summed E-state index contributed by atoms with van der Waals surface area (Å²) in [5, 5.41) is 4.91. The summed E-state index contributed by atoms with van der Waals surface area (Å²) in [6, 6.07) is 19.7. The number of hydrogen-bond acceptors (Lipinski definition) is 5. The molecule has 2 fully saturated rings. The molecule has 168 valence electrons. The van der Waals surface area contributed by atoms with Crippen molar-refractivity contribution in [1.29, 1.82) is 0 Å². The summed E-state index contributed by atoms with van der Waals surface area (Å²) in [4.78, 5) is 15.1. The number of fused-ring (bicyclic) bond motifs is 1. The van der Waals surface area contributed by atoms with E-state index in [2.05, 4.69) is 69.7 Å². The van der Waals surface area contributed by atoms with E-state index < -0.39 is 0 Å². The minimum Gasteiger partial charge on any atom is -0.356 e. The van der Waals surface area contributed by atoms with Crippen molar-refractivity contribution in [2.75, 3.05) is 36.4 Å². The molecule has 0 saturated carbocycles. The molecule has 0 amide bonds. The van der Waals surface area contributed by atoms with E-state index in [1.54, 1.807) is 0 Å². The molecule has 2 saturated heterocycles. The Morgan fingerprint density at radius 2 is 1.53 bits per heavy atom. The van der Waals surface area contributed by atoms with Gasteiger partial charge >= 0.3 is 0 Å². The van der Waals surface area contributed by atoms with Gasteiger partial charge in [-0.3, -0.25) is 4.90 Å². The van der Waals surface area contributed by atoms with E-state index >= 15 is 0 Å². The van der Waals surface area contributed by atoms with E-state index in [0.29, 0.717) is 6.04 Å². The number of benzene rings is 2. The molecule has 1 N–H and O–H groups in total. The topological polar surface area (TPSA) is 44.3 Å².